The Balaban J connectivity index is 1.14. The van der Waals surface area contributed by atoms with Gasteiger partial charge in [0.1, 0.15) is 12.6 Å². The minimum atomic E-state index is -0.940. The molecule has 36 heavy (non-hydrogen) atoms. The van der Waals surface area contributed by atoms with Crippen molar-refractivity contribution < 1.29 is 28.8 Å². The number of ether oxygens (including phenoxy) is 1. The topological polar surface area (TPSA) is 93.2 Å². The number of hydrogen-bond donors (Lipinski definition) is 0. The van der Waals surface area contributed by atoms with Crippen LogP contribution in [0, 0.1) is 0 Å². The molecule has 0 bridgehead atoms. The molecule has 3 amide bonds. The predicted octanol–water partition coefficient (Wildman–Crippen LogP) is 4.15. The van der Waals surface area contributed by atoms with E-state index in [9.17, 15) is 19.2 Å². The first-order valence-electron chi connectivity index (χ1n) is 11.9. The van der Waals surface area contributed by atoms with Crippen LogP contribution >= 0.6 is 0 Å². The molecule has 8 heteroatoms. The van der Waals surface area contributed by atoms with E-state index in [1.54, 1.807) is 12.1 Å². The number of fused-ring (bicyclic) bond motifs is 4. The summed E-state index contributed by atoms with van der Waals surface area (Å²) >= 11 is 0. The summed E-state index contributed by atoms with van der Waals surface area (Å²) in [4.78, 5) is 57.6. The van der Waals surface area contributed by atoms with Crippen molar-refractivity contribution in [2.75, 3.05) is 13.2 Å². The second-order valence-electron chi connectivity index (χ2n) is 9.02. The van der Waals surface area contributed by atoms with Gasteiger partial charge in [0, 0.05) is 12.5 Å². The number of benzene rings is 3. The van der Waals surface area contributed by atoms with Crippen LogP contribution in [-0.4, -0.2) is 53.0 Å². The van der Waals surface area contributed by atoms with Crippen LogP contribution in [0.25, 0.3) is 11.1 Å². The third-order valence-electron chi connectivity index (χ3n) is 7.03. The van der Waals surface area contributed by atoms with E-state index in [4.69, 9.17) is 9.57 Å². The van der Waals surface area contributed by atoms with Crippen molar-refractivity contribution in [1.82, 2.24) is 9.96 Å². The van der Waals surface area contributed by atoms with Gasteiger partial charge in [-0.3, -0.25) is 14.5 Å². The Hall–Kier alpha value is -4.46. The van der Waals surface area contributed by atoms with E-state index < -0.39 is 29.9 Å². The number of hydroxylamine groups is 2. The zero-order valence-electron chi connectivity index (χ0n) is 19.3. The SMILES string of the molecule is O=C(ON1C(=O)c2ccccc2C1=O)[C@H]1CCCN1C(=O)OCC1c2ccccc2-c2ccccc21. The van der Waals surface area contributed by atoms with Crippen LogP contribution in [-0.2, 0) is 14.4 Å². The van der Waals surface area contributed by atoms with Gasteiger partial charge in [-0.25, -0.2) is 9.59 Å². The van der Waals surface area contributed by atoms with Crippen LogP contribution in [0.1, 0.15) is 50.6 Å². The quantitative estimate of drug-likeness (QED) is 0.519. The fourth-order valence-electron chi connectivity index (χ4n) is 5.31. The molecule has 6 rings (SSSR count). The number of rotatable bonds is 4. The molecule has 2 aliphatic heterocycles. The smallest absolute Gasteiger partial charge is 0.410 e. The van der Waals surface area contributed by atoms with Gasteiger partial charge in [0.25, 0.3) is 11.8 Å². The highest BCUT2D eigenvalue weighted by Crippen LogP contribution is 2.44. The molecule has 0 saturated carbocycles. The number of carbonyl (C=O) groups is 4. The molecule has 180 valence electrons. The fourth-order valence-corrected chi connectivity index (χ4v) is 5.31. The molecule has 0 spiro atoms. The number of imide groups is 1. The van der Waals surface area contributed by atoms with Crippen molar-refractivity contribution in [3.63, 3.8) is 0 Å². The Morgan fingerprint density at radius 1 is 0.778 bits per heavy atom. The molecule has 3 aromatic rings. The van der Waals surface area contributed by atoms with E-state index in [2.05, 4.69) is 12.1 Å². The van der Waals surface area contributed by atoms with Gasteiger partial charge in [-0.05, 0) is 47.2 Å². The molecule has 3 aromatic carbocycles. The minimum Gasteiger partial charge on any atom is -0.448 e. The van der Waals surface area contributed by atoms with E-state index in [0.29, 0.717) is 24.4 Å². The molecule has 0 N–H and O–H groups in total. The molecule has 1 atom stereocenters. The second kappa shape index (κ2) is 8.64. The van der Waals surface area contributed by atoms with Crippen molar-refractivity contribution in [2.45, 2.75) is 24.8 Å². The lowest BCUT2D eigenvalue weighted by molar-refractivity contribution is -0.173. The summed E-state index contributed by atoms with van der Waals surface area (Å²) in [6.07, 6.45) is 0.303. The zero-order valence-corrected chi connectivity index (χ0v) is 19.3. The van der Waals surface area contributed by atoms with Crippen LogP contribution in [0.4, 0.5) is 4.79 Å². The summed E-state index contributed by atoms with van der Waals surface area (Å²) in [6, 6.07) is 21.4. The average Bonchev–Trinajstić information content (AvgIpc) is 3.59. The highest BCUT2D eigenvalue weighted by atomic mass is 16.7. The molecule has 0 radical (unpaired) electrons. The summed E-state index contributed by atoms with van der Waals surface area (Å²) in [6.45, 7) is 0.447. The monoisotopic (exact) mass is 482 g/mol. The maximum atomic E-state index is 13.0. The summed E-state index contributed by atoms with van der Waals surface area (Å²) in [5.41, 5.74) is 4.78. The van der Waals surface area contributed by atoms with Crippen LogP contribution in [0.3, 0.4) is 0 Å². The minimum absolute atomic E-state index is 0.104. The Labute approximate surface area is 207 Å². The van der Waals surface area contributed by atoms with Crippen molar-refractivity contribution in [2.24, 2.45) is 0 Å². The molecule has 1 aliphatic carbocycles. The van der Waals surface area contributed by atoms with Crippen LogP contribution in [0.15, 0.2) is 72.8 Å². The van der Waals surface area contributed by atoms with Gasteiger partial charge in [0.2, 0.25) is 0 Å². The van der Waals surface area contributed by atoms with Gasteiger partial charge < -0.3 is 9.57 Å². The van der Waals surface area contributed by atoms with Gasteiger partial charge in [-0.1, -0.05) is 65.7 Å². The number of hydrogen-bond acceptors (Lipinski definition) is 6. The van der Waals surface area contributed by atoms with Crippen molar-refractivity contribution in [3.05, 3.63) is 95.1 Å². The summed E-state index contributed by atoms with van der Waals surface area (Å²) < 4.78 is 5.70. The third kappa shape index (κ3) is 3.45. The standard InChI is InChI=1S/C28H22N2O6/c31-25-21-12-5-6-13-22(21)26(32)30(25)36-27(33)24-14-7-15-29(24)28(34)35-16-23-19-10-3-1-8-17(19)18-9-2-4-11-20(18)23/h1-6,8-13,23-24H,7,14-16H2/t24-/m1/s1. The fraction of sp³-hybridized carbons (Fsp3) is 0.214. The first-order valence-corrected chi connectivity index (χ1v) is 11.9. The number of likely N-dealkylation sites (tertiary alicyclic amines) is 1. The highest BCUT2D eigenvalue weighted by molar-refractivity contribution is 6.21. The molecular weight excluding hydrogens is 460 g/mol. The van der Waals surface area contributed by atoms with Crippen molar-refractivity contribution >= 4 is 23.9 Å². The van der Waals surface area contributed by atoms with E-state index in [1.165, 1.54) is 17.0 Å². The van der Waals surface area contributed by atoms with Crippen LogP contribution in [0.5, 0.6) is 0 Å². The van der Waals surface area contributed by atoms with E-state index in [1.807, 2.05) is 36.4 Å². The number of carbonyl (C=O) groups excluding carboxylic acids is 4. The van der Waals surface area contributed by atoms with E-state index in [-0.39, 0.29) is 23.7 Å². The Kier molecular flexibility index (Phi) is 5.29. The first-order chi connectivity index (χ1) is 17.5. The van der Waals surface area contributed by atoms with Gasteiger partial charge in [-0.15, -0.1) is 0 Å². The molecule has 1 fully saturated rings. The van der Waals surface area contributed by atoms with Gasteiger partial charge in [0.15, 0.2) is 0 Å². The summed E-state index contributed by atoms with van der Waals surface area (Å²) in [7, 11) is 0. The lowest BCUT2D eigenvalue weighted by Crippen LogP contribution is -2.45. The molecule has 0 unspecified atom stereocenters. The van der Waals surface area contributed by atoms with Crippen molar-refractivity contribution in [3.8, 4) is 11.1 Å². The Morgan fingerprint density at radius 2 is 1.31 bits per heavy atom. The summed E-state index contributed by atoms with van der Waals surface area (Å²) in [5, 5.41) is 0.473. The van der Waals surface area contributed by atoms with E-state index in [0.717, 1.165) is 22.3 Å². The van der Waals surface area contributed by atoms with Crippen LogP contribution < -0.4 is 0 Å². The second-order valence-corrected chi connectivity index (χ2v) is 9.02. The van der Waals surface area contributed by atoms with E-state index >= 15 is 0 Å². The first kappa shape index (κ1) is 22.0. The lowest BCUT2D eigenvalue weighted by atomic mass is 9.98. The Bertz CT molecular complexity index is 1340. The average molecular weight is 482 g/mol. The molecular formula is C28H22N2O6. The molecule has 8 nitrogen and oxygen atoms in total. The molecule has 2 heterocycles. The van der Waals surface area contributed by atoms with Gasteiger partial charge in [-0.2, -0.15) is 0 Å². The van der Waals surface area contributed by atoms with Crippen LogP contribution in [0.2, 0.25) is 0 Å². The predicted molar refractivity (Wildman–Crippen MR) is 128 cm³/mol. The van der Waals surface area contributed by atoms with Crippen molar-refractivity contribution in [1.29, 1.82) is 0 Å². The largest absolute Gasteiger partial charge is 0.448 e. The molecule has 1 saturated heterocycles. The maximum absolute atomic E-state index is 13.0. The lowest BCUT2D eigenvalue weighted by Gasteiger charge is -2.24. The number of amides is 3. The maximum Gasteiger partial charge on any atom is 0.410 e. The summed E-state index contributed by atoms with van der Waals surface area (Å²) in [5.74, 6) is -2.34. The Morgan fingerprint density at radius 3 is 1.89 bits per heavy atom. The van der Waals surface area contributed by atoms with Gasteiger partial charge in [0.05, 0.1) is 11.1 Å². The molecule has 0 aromatic heterocycles. The highest BCUT2D eigenvalue weighted by Gasteiger charge is 2.43. The van der Waals surface area contributed by atoms with Gasteiger partial charge >= 0.3 is 12.1 Å². The zero-order chi connectivity index (χ0) is 24.8. The number of nitrogens with zero attached hydrogens (tertiary/aromatic N) is 2. The molecule has 3 aliphatic rings. The normalized spacial score (nSPS) is 18.2. The third-order valence-corrected chi connectivity index (χ3v) is 7.03.